The predicted octanol–water partition coefficient (Wildman–Crippen LogP) is 3.77. The Labute approximate surface area is 165 Å². The molecule has 0 spiro atoms. The van der Waals surface area contributed by atoms with Crippen molar-refractivity contribution < 1.29 is 14.7 Å². The van der Waals surface area contributed by atoms with Crippen LogP contribution in [0.4, 0.5) is 11.5 Å². The number of fused-ring (bicyclic) bond motifs is 1. The van der Waals surface area contributed by atoms with E-state index in [0.717, 1.165) is 5.56 Å². The molecule has 1 unspecified atom stereocenters. The Balaban J connectivity index is 1.73. The van der Waals surface area contributed by atoms with Gasteiger partial charge in [0.05, 0.1) is 22.9 Å². The quantitative estimate of drug-likeness (QED) is 0.626. The van der Waals surface area contributed by atoms with Crippen LogP contribution in [0.25, 0.3) is 0 Å². The van der Waals surface area contributed by atoms with Gasteiger partial charge in [0, 0.05) is 0 Å². The van der Waals surface area contributed by atoms with Crippen molar-refractivity contribution in [2.45, 2.75) is 6.04 Å². The van der Waals surface area contributed by atoms with E-state index in [1.54, 1.807) is 35.0 Å². The molecule has 0 aliphatic carbocycles. The molecule has 0 saturated carbocycles. The Bertz CT molecular complexity index is 1090. The summed E-state index contributed by atoms with van der Waals surface area (Å²) in [6, 6.07) is 15.8. The Morgan fingerprint density at radius 2 is 1.82 bits per heavy atom. The molecule has 2 heterocycles. The number of benzene rings is 2. The number of carboxylic acids is 1. The van der Waals surface area contributed by atoms with Crippen LogP contribution in [0.15, 0.2) is 72.6 Å². The number of carbonyl (C=O) groups excluding carboxylic acids is 1. The van der Waals surface area contributed by atoms with Crippen molar-refractivity contribution in [1.82, 2.24) is 9.78 Å². The van der Waals surface area contributed by atoms with Crippen LogP contribution >= 0.6 is 11.6 Å². The Morgan fingerprint density at radius 1 is 1.11 bits per heavy atom. The van der Waals surface area contributed by atoms with E-state index in [-0.39, 0.29) is 11.3 Å². The summed E-state index contributed by atoms with van der Waals surface area (Å²) >= 11 is 6.10. The molecule has 0 saturated heterocycles. The largest absolute Gasteiger partial charge is 0.477 e. The molecule has 1 aliphatic heterocycles. The van der Waals surface area contributed by atoms with E-state index in [0.29, 0.717) is 16.5 Å². The average molecular weight is 395 g/mol. The zero-order valence-corrected chi connectivity index (χ0v) is 15.2. The van der Waals surface area contributed by atoms with Gasteiger partial charge in [0.15, 0.2) is 0 Å². The van der Waals surface area contributed by atoms with Gasteiger partial charge >= 0.3 is 5.97 Å². The summed E-state index contributed by atoms with van der Waals surface area (Å²) in [5.74, 6) is -1.26. The number of hydrogen-bond acceptors (Lipinski definition) is 4. The first-order valence-corrected chi connectivity index (χ1v) is 8.83. The second-order valence-corrected chi connectivity index (χ2v) is 6.56. The highest BCUT2D eigenvalue weighted by Crippen LogP contribution is 2.32. The van der Waals surface area contributed by atoms with Crippen LogP contribution in [0, 0.1) is 0 Å². The van der Waals surface area contributed by atoms with Gasteiger partial charge in [-0.1, -0.05) is 54.1 Å². The first-order chi connectivity index (χ1) is 13.5. The highest BCUT2D eigenvalue weighted by molar-refractivity contribution is 6.34. The monoisotopic (exact) mass is 394 g/mol. The second-order valence-electron chi connectivity index (χ2n) is 6.15. The van der Waals surface area contributed by atoms with Gasteiger partial charge in [-0.05, 0) is 23.8 Å². The molecule has 0 bridgehead atoms. The van der Waals surface area contributed by atoms with Crippen LogP contribution < -0.4 is 10.6 Å². The van der Waals surface area contributed by atoms with Crippen molar-refractivity contribution >= 4 is 35.0 Å². The van der Waals surface area contributed by atoms with E-state index < -0.39 is 17.9 Å². The van der Waals surface area contributed by atoms with Gasteiger partial charge in [0.2, 0.25) is 0 Å². The van der Waals surface area contributed by atoms with Gasteiger partial charge in [-0.15, -0.1) is 0 Å². The lowest BCUT2D eigenvalue weighted by Gasteiger charge is -2.24. The first-order valence-electron chi connectivity index (χ1n) is 8.45. The van der Waals surface area contributed by atoms with Crippen LogP contribution in [0.3, 0.4) is 0 Å². The number of carboxylic acid groups (broad SMARTS) is 1. The molecule has 3 aromatic rings. The SMILES string of the molecule is O=C(O)C1=CC(c2ccccc2)n2ncc(C(=O)Nc3ccccc3Cl)c2N1. The number of amides is 1. The fourth-order valence-electron chi connectivity index (χ4n) is 3.03. The molecule has 8 heteroatoms. The lowest BCUT2D eigenvalue weighted by Crippen LogP contribution is -2.25. The maximum atomic E-state index is 12.8. The van der Waals surface area contributed by atoms with Gasteiger partial charge in [-0.2, -0.15) is 5.10 Å². The molecule has 28 heavy (non-hydrogen) atoms. The van der Waals surface area contributed by atoms with Gasteiger partial charge in [0.25, 0.3) is 5.91 Å². The molecule has 3 N–H and O–H groups in total. The fourth-order valence-corrected chi connectivity index (χ4v) is 3.21. The maximum absolute atomic E-state index is 12.8. The molecular weight excluding hydrogens is 380 g/mol. The Kier molecular flexibility index (Phi) is 4.58. The van der Waals surface area contributed by atoms with Crippen molar-refractivity contribution in [3.63, 3.8) is 0 Å². The smallest absolute Gasteiger partial charge is 0.352 e. The third kappa shape index (κ3) is 3.23. The number of anilines is 2. The van der Waals surface area contributed by atoms with Crippen molar-refractivity contribution in [2.24, 2.45) is 0 Å². The summed E-state index contributed by atoms with van der Waals surface area (Å²) in [7, 11) is 0. The molecule has 0 fully saturated rings. The van der Waals surface area contributed by atoms with Crippen molar-refractivity contribution in [2.75, 3.05) is 10.6 Å². The predicted molar refractivity (Wildman–Crippen MR) is 106 cm³/mol. The summed E-state index contributed by atoms with van der Waals surface area (Å²) in [6.45, 7) is 0. The highest BCUT2D eigenvalue weighted by atomic mass is 35.5. The van der Waals surface area contributed by atoms with Crippen molar-refractivity contribution in [3.8, 4) is 0 Å². The molecule has 1 aliphatic rings. The molecule has 0 radical (unpaired) electrons. The summed E-state index contributed by atoms with van der Waals surface area (Å²) in [5.41, 5.74) is 1.50. The van der Waals surface area contributed by atoms with Gasteiger partial charge < -0.3 is 15.7 Å². The number of aliphatic carboxylic acids is 1. The summed E-state index contributed by atoms with van der Waals surface area (Å²) in [4.78, 5) is 24.4. The number of rotatable bonds is 4. The number of carbonyl (C=O) groups is 2. The first kappa shape index (κ1) is 17.8. The number of aromatic nitrogens is 2. The number of nitrogens with zero attached hydrogens (tertiary/aromatic N) is 2. The molecule has 2 aromatic carbocycles. The van der Waals surface area contributed by atoms with Gasteiger partial charge in [-0.25, -0.2) is 9.48 Å². The zero-order valence-electron chi connectivity index (χ0n) is 14.5. The fraction of sp³-hybridized carbons (Fsp3) is 0.0500. The van der Waals surface area contributed by atoms with Crippen LogP contribution in [0.2, 0.25) is 5.02 Å². The Morgan fingerprint density at radius 3 is 2.54 bits per heavy atom. The number of hydrogen-bond donors (Lipinski definition) is 3. The van der Waals surface area contributed by atoms with E-state index in [1.807, 2.05) is 30.3 Å². The normalized spacial score (nSPS) is 15.2. The Hall–Kier alpha value is -3.58. The van der Waals surface area contributed by atoms with E-state index in [4.69, 9.17) is 11.6 Å². The average Bonchev–Trinajstić information content (AvgIpc) is 3.14. The number of allylic oxidation sites excluding steroid dienone is 1. The van der Waals surface area contributed by atoms with Crippen molar-refractivity contribution in [1.29, 1.82) is 0 Å². The minimum absolute atomic E-state index is 0.0198. The molecule has 1 aromatic heterocycles. The van der Waals surface area contributed by atoms with E-state index in [2.05, 4.69) is 15.7 Å². The van der Waals surface area contributed by atoms with Crippen LogP contribution in [-0.2, 0) is 4.79 Å². The number of halogens is 1. The standard InChI is InChI=1S/C20H15ClN4O3/c21-14-8-4-5-9-15(14)24-19(26)13-11-22-25-17(12-6-2-1-3-7-12)10-16(20(27)28)23-18(13)25/h1-11,17,23H,(H,24,26)(H,27,28). The highest BCUT2D eigenvalue weighted by Gasteiger charge is 2.29. The lowest BCUT2D eigenvalue weighted by molar-refractivity contribution is -0.132. The topological polar surface area (TPSA) is 96.2 Å². The van der Waals surface area contributed by atoms with Crippen molar-refractivity contribution in [3.05, 3.63) is 88.7 Å². The maximum Gasteiger partial charge on any atom is 0.352 e. The summed E-state index contributed by atoms with van der Waals surface area (Å²) in [5, 5.41) is 19.7. The minimum atomic E-state index is -1.12. The third-order valence-electron chi connectivity index (χ3n) is 4.37. The van der Waals surface area contributed by atoms with Crippen LogP contribution in [0.1, 0.15) is 22.0 Å². The summed E-state index contributed by atoms with van der Waals surface area (Å²) < 4.78 is 1.59. The summed E-state index contributed by atoms with van der Waals surface area (Å²) in [6.07, 6.45) is 2.97. The lowest BCUT2D eigenvalue weighted by atomic mass is 10.0. The number of para-hydroxylation sites is 1. The molecular formula is C20H15ClN4O3. The minimum Gasteiger partial charge on any atom is -0.477 e. The van der Waals surface area contributed by atoms with Crippen LogP contribution in [0.5, 0.6) is 0 Å². The molecule has 7 nitrogen and oxygen atoms in total. The molecule has 1 amide bonds. The molecule has 4 rings (SSSR count). The van der Waals surface area contributed by atoms with E-state index in [1.165, 1.54) is 6.20 Å². The van der Waals surface area contributed by atoms with Gasteiger partial charge in [-0.3, -0.25) is 4.79 Å². The van der Waals surface area contributed by atoms with E-state index in [9.17, 15) is 14.7 Å². The van der Waals surface area contributed by atoms with E-state index >= 15 is 0 Å². The van der Waals surface area contributed by atoms with Crippen LogP contribution in [-0.4, -0.2) is 26.8 Å². The molecule has 140 valence electrons. The zero-order chi connectivity index (χ0) is 19.7. The van der Waals surface area contributed by atoms with Gasteiger partial charge in [0.1, 0.15) is 17.1 Å². The number of nitrogens with one attached hydrogen (secondary N) is 2. The molecule has 1 atom stereocenters. The second kappa shape index (κ2) is 7.21. The third-order valence-corrected chi connectivity index (χ3v) is 4.70.